The topological polar surface area (TPSA) is 76.4 Å². The molecule has 1 fully saturated rings. The van der Waals surface area contributed by atoms with E-state index in [1.807, 2.05) is 11.0 Å². The lowest BCUT2D eigenvalue weighted by atomic mass is 10.00. The van der Waals surface area contributed by atoms with Gasteiger partial charge in [0.1, 0.15) is 11.6 Å². The highest BCUT2D eigenvalue weighted by Crippen LogP contribution is 2.25. The summed E-state index contributed by atoms with van der Waals surface area (Å²) in [5, 5.41) is 21.9. The number of carbonyl (C=O) groups excluding carboxylic acids is 1. The summed E-state index contributed by atoms with van der Waals surface area (Å²) in [5.74, 6) is -0.496. The van der Waals surface area contributed by atoms with Gasteiger partial charge >= 0.3 is 0 Å². The van der Waals surface area contributed by atoms with Crippen LogP contribution >= 0.6 is 23.2 Å². The second-order valence-corrected chi connectivity index (χ2v) is 6.45. The number of nitriles is 1. The van der Waals surface area contributed by atoms with Crippen LogP contribution in [0, 0.1) is 11.3 Å². The molecule has 0 aliphatic carbocycles. The summed E-state index contributed by atoms with van der Waals surface area (Å²) in [4.78, 5) is 14.3. The summed E-state index contributed by atoms with van der Waals surface area (Å²) in [5.41, 5.74) is 0.493. The van der Waals surface area contributed by atoms with Gasteiger partial charge in [0.2, 0.25) is 0 Å². The first-order valence-corrected chi connectivity index (χ1v) is 8.55. The number of nitrogens with zero attached hydrogens (tertiary/aromatic N) is 2. The highest BCUT2D eigenvalue weighted by molar-refractivity contribution is 6.42. The van der Waals surface area contributed by atoms with Crippen LogP contribution in [0.15, 0.2) is 30.0 Å². The standard InChI is InChI=1S/C17H19Cl2N3O2/c18-15-5-4-13(9-16(15)19)21-17(24)12(10-20)11-22-7-2-1-3-14(22)6-8-23/h4-5,9,11,14,23H,1-3,6-8H2,(H,21,24)/b12-11-. The first-order valence-electron chi connectivity index (χ1n) is 7.80. The molecule has 1 heterocycles. The highest BCUT2D eigenvalue weighted by Gasteiger charge is 2.21. The van der Waals surface area contributed by atoms with Crippen molar-refractivity contribution in [2.24, 2.45) is 0 Å². The molecule has 24 heavy (non-hydrogen) atoms. The van der Waals surface area contributed by atoms with Crippen molar-refractivity contribution in [1.29, 1.82) is 5.26 Å². The van der Waals surface area contributed by atoms with Crippen LogP contribution in [0.4, 0.5) is 5.69 Å². The third-order valence-corrected chi connectivity index (χ3v) is 4.71. The maximum absolute atomic E-state index is 12.3. The normalized spacial score (nSPS) is 18.2. The third-order valence-electron chi connectivity index (χ3n) is 3.97. The van der Waals surface area contributed by atoms with Crippen molar-refractivity contribution < 1.29 is 9.90 Å². The molecule has 0 aromatic heterocycles. The molecule has 0 saturated carbocycles. The minimum atomic E-state index is -0.496. The molecular formula is C17H19Cl2N3O2. The van der Waals surface area contributed by atoms with Crippen LogP contribution in [0.5, 0.6) is 0 Å². The van der Waals surface area contributed by atoms with Gasteiger partial charge in [-0.2, -0.15) is 5.26 Å². The van der Waals surface area contributed by atoms with E-state index in [0.717, 1.165) is 25.8 Å². The Bertz CT molecular complexity index is 668. The number of aliphatic hydroxyl groups is 1. The van der Waals surface area contributed by atoms with E-state index >= 15 is 0 Å². The second-order valence-electron chi connectivity index (χ2n) is 5.64. The predicted octanol–water partition coefficient (Wildman–Crippen LogP) is 3.58. The summed E-state index contributed by atoms with van der Waals surface area (Å²) >= 11 is 11.8. The number of aliphatic hydroxyl groups excluding tert-OH is 1. The predicted molar refractivity (Wildman–Crippen MR) is 94.8 cm³/mol. The highest BCUT2D eigenvalue weighted by atomic mass is 35.5. The third kappa shape index (κ3) is 4.88. The smallest absolute Gasteiger partial charge is 0.267 e. The molecule has 1 saturated heterocycles. The van der Waals surface area contributed by atoms with E-state index in [1.165, 1.54) is 6.07 Å². The van der Waals surface area contributed by atoms with Gasteiger partial charge in [0.05, 0.1) is 10.0 Å². The Morgan fingerprint density at radius 2 is 2.21 bits per heavy atom. The zero-order valence-electron chi connectivity index (χ0n) is 13.1. The molecule has 2 rings (SSSR count). The fraction of sp³-hybridized carbons (Fsp3) is 0.412. The summed E-state index contributed by atoms with van der Waals surface area (Å²) in [6.45, 7) is 0.863. The van der Waals surface area contributed by atoms with Gasteiger partial charge in [-0.25, -0.2) is 0 Å². The Labute approximate surface area is 151 Å². The number of halogens is 2. The van der Waals surface area contributed by atoms with Gasteiger partial charge in [-0.1, -0.05) is 23.2 Å². The maximum atomic E-state index is 12.3. The number of likely N-dealkylation sites (tertiary alicyclic amines) is 1. The van der Waals surface area contributed by atoms with Gasteiger partial charge in [-0.3, -0.25) is 4.79 Å². The summed E-state index contributed by atoms with van der Waals surface area (Å²) in [7, 11) is 0. The molecule has 1 atom stereocenters. The van der Waals surface area contributed by atoms with E-state index in [-0.39, 0.29) is 18.2 Å². The lowest BCUT2D eigenvalue weighted by Crippen LogP contribution is -2.37. The molecule has 1 unspecified atom stereocenters. The molecule has 5 nitrogen and oxygen atoms in total. The molecule has 1 aliphatic heterocycles. The average Bonchev–Trinajstić information content (AvgIpc) is 2.57. The summed E-state index contributed by atoms with van der Waals surface area (Å²) < 4.78 is 0. The van der Waals surface area contributed by atoms with Crippen molar-refractivity contribution in [2.45, 2.75) is 31.7 Å². The van der Waals surface area contributed by atoms with Crippen LogP contribution < -0.4 is 5.32 Å². The fourth-order valence-corrected chi connectivity index (χ4v) is 3.03. The van der Waals surface area contributed by atoms with Crippen molar-refractivity contribution in [3.8, 4) is 6.07 Å². The Morgan fingerprint density at radius 3 is 2.88 bits per heavy atom. The molecule has 1 aromatic rings. The molecular weight excluding hydrogens is 349 g/mol. The van der Waals surface area contributed by atoms with Gasteiger partial charge in [0, 0.05) is 31.1 Å². The second kappa shape index (κ2) is 8.93. The van der Waals surface area contributed by atoms with Gasteiger partial charge in [0.15, 0.2) is 0 Å². The molecule has 1 aromatic carbocycles. The molecule has 0 spiro atoms. The number of nitrogens with one attached hydrogen (secondary N) is 1. The zero-order valence-corrected chi connectivity index (χ0v) is 14.6. The number of hydrogen-bond acceptors (Lipinski definition) is 4. The van der Waals surface area contributed by atoms with Crippen molar-refractivity contribution in [3.05, 3.63) is 40.0 Å². The summed E-state index contributed by atoms with van der Waals surface area (Å²) in [6.07, 6.45) is 5.26. The molecule has 0 bridgehead atoms. The molecule has 2 N–H and O–H groups in total. The largest absolute Gasteiger partial charge is 0.396 e. The SMILES string of the molecule is N#C/C(=C/N1CCCCC1CCO)C(=O)Nc1ccc(Cl)c(Cl)c1. The van der Waals surface area contributed by atoms with Crippen LogP contribution in [-0.2, 0) is 4.79 Å². The van der Waals surface area contributed by atoms with E-state index in [1.54, 1.807) is 18.3 Å². The van der Waals surface area contributed by atoms with Crippen molar-refractivity contribution in [2.75, 3.05) is 18.5 Å². The first-order chi connectivity index (χ1) is 11.5. The number of amides is 1. The molecule has 0 radical (unpaired) electrons. The van der Waals surface area contributed by atoms with Gasteiger partial charge in [-0.15, -0.1) is 0 Å². The van der Waals surface area contributed by atoms with E-state index in [9.17, 15) is 10.1 Å². The van der Waals surface area contributed by atoms with E-state index in [4.69, 9.17) is 28.3 Å². The average molecular weight is 368 g/mol. The zero-order chi connectivity index (χ0) is 17.5. The minimum Gasteiger partial charge on any atom is -0.396 e. The fourth-order valence-electron chi connectivity index (χ4n) is 2.73. The van der Waals surface area contributed by atoms with Crippen LogP contribution in [0.1, 0.15) is 25.7 Å². The Balaban J connectivity index is 2.12. The number of piperidine rings is 1. The van der Waals surface area contributed by atoms with Gasteiger partial charge in [0.25, 0.3) is 5.91 Å². The summed E-state index contributed by atoms with van der Waals surface area (Å²) in [6, 6.07) is 6.84. The lowest BCUT2D eigenvalue weighted by Gasteiger charge is -2.34. The van der Waals surface area contributed by atoms with Gasteiger partial charge in [-0.05, 0) is 43.9 Å². The van der Waals surface area contributed by atoms with E-state index in [2.05, 4.69) is 5.32 Å². The van der Waals surface area contributed by atoms with Crippen LogP contribution in [0.3, 0.4) is 0 Å². The van der Waals surface area contributed by atoms with Gasteiger partial charge < -0.3 is 15.3 Å². The number of carbonyl (C=O) groups is 1. The number of hydrogen-bond donors (Lipinski definition) is 2. The molecule has 128 valence electrons. The van der Waals surface area contributed by atoms with Crippen LogP contribution in [-0.4, -0.2) is 35.1 Å². The number of benzene rings is 1. The van der Waals surface area contributed by atoms with Crippen LogP contribution in [0.25, 0.3) is 0 Å². The molecule has 7 heteroatoms. The lowest BCUT2D eigenvalue weighted by molar-refractivity contribution is -0.112. The quantitative estimate of drug-likeness (QED) is 0.615. The van der Waals surface area contributed by atoms with Crippen molar-refractivity contribution in [3.63, 3.8) is 0 Å². The number of anilines is 1. The Morgan fingerprint density at radius 1 is 1.42 bits per heavy atom. The Kier molecular flexibility index (Phi) is 6.92. The van der Waals surface area contributed by atoms with Crippen LogP contribution in [0.2, 0.25) is 10.0 Å². The molecule has 1 amide bonds. The van der Waals surface area contributed by atoms with E-state index in [0.29, 0.717) is 22.2 Å². The molecule has 1 aliphatic rings. The maximum Gasteiger partial charge on any atom is 0.267 e. The Hall–Kier alpha value is -1.74. The minimum absolute atomic E-state index is 0.0194. The van der Waals surface area contributed by atoms with Crippen molar-refractivity contribution >= 4 is 34.8 Å². The first kappa shape index (κ1) is 18.6. The van der Waals surface area contributed by atoms with E-state index < -0.39 is 5.91 Å². The number of rotatable bonds is 5. The van der Waals surface area contributed by atoms with Crippen molar-refractivity contribution in [1.82, 2.24) is 4.90 Å². The monoisotopic (exact) mass is 367 g/mol.